The highest BCUT2D eigenvalue weighted by Crippen LogP contribution is 2.38. The van der Waals surface area contributed by atoms with Crippen molar-refractivity contribution in [3.05, 3.63) is 70.7 Å². The van der Waals surface area contributed by atoms with E-state index in [1.54, 1.807) is 18.3 Å². The number of rotatable bonds is 5. The number of amides is 1. The molecule has 1 fully saturated rings. The second kappa shape index (κ2) is 7.96. The molecular weight excluding hydrogens is 392 g/mol. The summed E-state index contributed by atoms with van der Waals surface area (Å²) in [7, 11) is 0. The molecule has 2 N–H and O–H groups in total. The molecule has 9 heteroatoms. The average molecular weight is 410 g/mol. The maximum absolute atomic E-state index is 11.4. The van der Waals surface area contributed by atoms with Crippen LogP contribution in [0.2, 0.25) is 0 Å². The van der Waals surface area contributed by atoms with E-state index in [2.05, 4.69) is 9.97 Å². The maximum atomic E-state index is 11.4. The zero-order chi connectivity index (χ0) is 20.4. The number of nitrogens with zero attached hydrogens (tertiary/aromatic N) is 3. The number of carbonyl (C=O) groups is 1. The van der Waals surface area contributed by atoms with E-state index in [9.17, 15) is 20.0 Å². The number of aromatic nitrogens is 2. The minimum Gasteiger partial charge on any atom is -0.465 e. The highest BCUT2D eigenvalue weighted by atomic mass is 32.2. The minimum atomic E-state index is -0.956. The van der Waals surface area contributed by atoms with E-state index in [0.717, 1.165) is 16.9 Å². The Kier molecular flexibility index (Phi) is 5.22. The van der Waals surface area contributed by atoms with Crippen molar-refractivity contribution in [2.24, 2.45) is 0 Å². The van der Waals surface area contributed by atoms with Gasteiger partial charge in [-0.1, -0.05) is 30.0 Å². The highest BCUT2D eigenvalue weighted by molar-refractivity contribution is 7.99. The van der Waals surface area contributed by atoms with Crippen molar-refractivity contribution in [2.75, 3.05) is 6.54 Å². The molecule has 0 bridgehead atoms. The monoisotopic (exact) mass is 410 g/mol. The van der Waals surface area contributed by atoms with Crippen LogP contribution in [0.15, 0.2) is 64.5 Å². The van der Waals surface area contributed by atoms with Crippen molar-refractivity contribution in [1.82, 2.24) is 14.9 Å². The zero-order valence-electron chi connectivity index (χ0n) is 15.3. The van der Waals surface area contributed by atoms with E-state index in [1.165, 1.54) is 22.7 Å². The number of hydrogen-bond acceptors (Lipinski definition) is 5. The van der Waals surface area contributed by atoms with Gasteiger partial charge in [0, 0.05) is 23.1 Å². The maximum Gasteiger partial charge on any atom is 0.407 e. The Morgan fingerprint density at radius 1 is 1.28 bits per heavy atom. The molecule has 1 unspecified atom stereocenters. The van der Waals surface area contributed by atoms with Gasteiger partial charge in [0.15, 0.2) is 0 Å². The molecule has 0 aliphatic carbocycles. The lowest BCUT2D eigenvalue weighted by Gasteiger charge is -2.19. The van der Waals surface area contributed by atoms with Gasteiger partial charge in [0.2, 0.25) is 0 Å². The SMILES string of the molecule is O=C(O)N1CCCC1c1ncc(-c2ccc([N+](=O)[O-])c(Sc3ccccc3)c2)[nH]1. The van der Waals surface area contributed by atoms with E-state index < -0.39 is 11.0 Å². The molecule has 1 aliphatic heterocycles. The van der Waals surface area contributed by atoms with Crippen LogP contribution >= 0.6 is 11.8 Å². The Morgan fingerprint density at radius 2 is 2.07 bits per heavy atom. The van der Waals surface area contributed by atoms with Gasteiger partial charge in [0.1, 0.15) is 5.82 Å². The summed E-state index contributed by atoms with van der Waals surface area (Å²) in [6.45, 7) is 0.491. The van der Waals surface area contributed by atoms with E-state index >= 15 is 0 Å². The Hall–Kier alpha value is -3.33. The van der Waals surface area contributed by atoms with E-state index in [4.69, 9.17) is 0 Å². The first kappa shape index (κ1) is 19.0. The van der Waals surface area contributed by atoms with Crippen LogP contribution in [0.25, 0.3) is 11.3 Å². The number of likely N-dealkylation sites (tertiary alicyclic amines) is 1. The van der Waals surface area contributed by atoms with Gasteiger partial charge < -0.3 is 10.1 Å². The van der Waals surface area contributed by atoms with Crippen molar-refractivity contribution in [2.45, 2.75) is 28.7 Å². The van der Waals surface area contributed by atoms with Gasteiger partial charge in [-0.3, -0.25) is 15.0 Å². The number of nitro benzene ring substituents is 1. The lowest BCUT2D eigenvalue weighted by atomic mass is 10.1. The largest absolute Gasteiger partial charge is 0.465 e. The first-order chi connectivity index (χ1) is 14.0. The third kappa shape index (κ3) is 3.95. The third-order valence-corrected chi connectivity index (χ3v) is 5.90. The van der Waals surface area contributed by atoms with Gasteiger partial charge >= 0.3 is 6.09 Å². The molecule has 1 atom stereocenters. The predicted molar refractivity (Wildman–Crippen MR) is 108 cm³/mol. The number of nitrogens with one attached hydrogen (secondary N) is 1. The molecule has 148 valence electrons. The molecule has 29 heavy (non-hydrogen) atoms. The lowest BCUT2D eigenvalue weighted by molar-refractivity contribution is -0.387. The molecule has 4 rings (SSSR count). The van der Waals surface area contributed by atoms with E-state index in [0.29, 0.717) is 29.4 Å². The number of imidazole rings is 1. The fourth-order valence-electron chi connectivity index (χ4n) is 3.46. The zero-order valence-corrected chi connectivity index (χ0v) is 16.1. The van der Waals surface area contributed by atoms with Crippen molar-refractivity contribution < 1.29 is 14.8 Å². The topological polar surface area (TPSA) is 112 Å². The molecule has 1 saturated heterocycles. The van der Waals surface area contributed by atoms with Crippen molar-refractivity contribution >= 4 is 23.5 Å². The van der Waals surface area contributed by atoms with Crippen LogP contribution in [-0.4, -0.2) is 37.5 Å². The van der Waals surface area contributed by atoms with Gasteiger partial charge in [-0.15, -0.1) is 0 Å². The van der Waals surface area contributed by atoms with Crippen LogP contribution in [0.3, 0.4) is 0 Å². The number of aromatic amines is 1. The summed E-state index contributed by atoms with van der Waals surface area (Å²) < 4.78 is 0. The first-order valence-corrected chi connectivity index (χ1v) is 9.91. The van der Waals surface area contributed by atoms with Gasteiger partial charge in [-0.25, -0.2) is 9.78 Å². The lowest BCUT2D eigenvalue weighted by Crippen LogP contribution is -2.29. The summed E-state index contributed by atoms with van der Waals surface area (Å²) in [4.78, 5) is 32.9. The number of nitro groups is 1. The van der Waals surface area contributed by atoms with Crippen LogP contribution in [0.4, 0.5) is 10.5 Å². The molecule has 8 nitrogen and oxygen atoms in total. The Morgan fingerprint density at radius 3 is 2.79 bits per heavy atom. The summed E-state index contributed by atoms with van der Waals surface area (Å²) in [6.07, 6.45) is 2.20. The number of H-pyrrole nitrogens is 1. The van der Waals surface area contributed by atoms with Crippen molar-refractivity contribution in [1.29, 1.82) is 0 Å². The van der Waals surface area contributed by atoms with Crippen LogP contribution in [0.5, 0.6) is 0 Å². The molecular formula is C20H18N4O4S. The molecule has 3 aromatic rings. The van der Waals surface area contributed by atoms with Gasteiger partial charge in [0.05, 0.1) is 27.8 Å². The molecule has 0 radical (unpaired) electrons. The van der Waals surface area contributed by atoms with Gasteiger partial charge in [-0.2, -0.15) is 0 Å². The summed E-state index contributed by atoms with van der Waals surface area (Å²) >= 11 is 1.33. The second-order valence-electron chi connectivity index (χ2n) is 6.67. The minimum absolute atomic E-state index is 0.0372. The Labute approximate surface area is 170 Å². The fraction of sp³-hybridized carbons (Fsp3) is 0.200. The summed E-state index contributed by atoms with van der Waals surface area (Å²) in [5.41, 5.74) is 1.49. The first-order valence-electron chi connectivity index (χ1n) is 9.09. The summed E-state index contributed by atoms with van der Waals surface area (Å²) in [5.74, 6) is 0.593. The average Bonchev–Trinajstić information content (AvgIpc) is 3.38. The smallest absolute Gasteiger partial charge is 0.407 e. The number of benzene rings is 2. The highest BCUT2D eigenvalue weighted by Gasteiger charge is 2.31. The quantitative estimate of drug-likeness (QED) is 0.454. The molecule has 0 spiro atoms. The van der Waals surface area contributed by atoms with Crippen molar-refractivity contribution in [3.8, 4) is 11.3 Å². The summed E-state index contributed by atoms with van der Waals surface area (Å²) in [6, 6.07) is 14.1. The molecule has 2 heterocycles. The molecule has 1 aromatic heterocycles. The molecule has 1 aliphatic rings. The van der Waals surface area contributed by atoms with E-state index in [-0.39, 0.29) is 11.7 Å². The van der Waals surface area contributed by atoms with Gasteiger partial charge in [0.25, 0.3) is 5.69 Å². The van der Waals surface area contributed by atoms with Crippen LogP contribution < -0.4 is 0 Å². The van der Waals surface area contributed by atoms with Crippen LogP contribution in [0.1, 0.15) is 24.7 Å². The molecule has 1 amide bonds. The predicted octanol–water partition coefficient (Wildman–Crippen LogP) is 4.95. The summed E-state index contributed by atoms with van der Waals surface area (Å²) in [5, 5.41) is 20.8. The molecule has 2 aromatic carbocycles. The second-order valence-corrected chi connectivity index (χ2v) is 7.79. The fourth-order valence-corrected chi connectivity index (χ4v) is 4.44. The number of hydrogen-bond donors (Lipinski definition) is 2. The number of carboxylic acid groups (broad SMARTS) is 1. The normalized spacial score (nSPS) is 16.1. The van der Waals surface area contributed by atoms with Crippen LogP contribution in [-0.2, 0) is 0 Å². The van der Waals surface area contributed by atoms with Gasteiger partial charge in [-0.05, 0) is 37.1 Å². The van der Waals surface area contributed by atoms with E-state index in [1.807, 2.05) is 30.3 Å². The Bertz CT molecular complexity index is 1050. The Balaban J connectivity index is 1.65. The molecule has 0 saturated carbocycles. The standard InChI is InChI=1S/C20H18N4O4S/c25-20(26)23-10-4-7-17(23)19-21-12-15(22-19)13-8-9-16(24(27)28)18(11-13)29-14-5-2-1-3-6-14/h1-3,5-6,8-9,11-12,17H,4,7,10H2,(H,21,22)(H,25,26). The van der Waals surface area contributed by atoms with Crippen molar-refractivity contribution in [3.63, 3.8) is 0 Å². The van der Waals surface area contributed by atoms with Crippen LogP contribution in [0, 0.1) is 10.1 Å². The third-order valence-electron chi connectivity index (χ3n) is 4.85.